The van der Waals surface area contributed by atoms with Gasteiger partial charge in [-0.3, -0.25) is 19.2 Å². The number of hydrogen-bond donors (Lipinski definition) is 1. The van der Waals surface area contributed by atoms with Gasteiger partial charge in [0, 0.05) is 49.4 Å². The fourth-order valence-corrected chi connectivity index (χ4v) is 7.16. The first kappa shape index (κ1) is 37.8. The predicted octanol–water partition coefficient (Wildman–Crippen LogP) is 4.36. The molecule has 0 saturated carbocycles. The molecule has 0 aromatic heterocycles. The second kappa shape index (κ2) is 15.7. The standard InChI is InChI=1S/C35H43ClN2O11/c1-21(39)28-16-37(13-12-24(28)14-32(43)44)38(18-35(4,19-48-22(2)40)20-49-23(3)41)29-11-10-25(36)15-27(29)33(47-17-31(38)42)26-8-7-9-30(45-5)34(26)46-6/h7-11,15,24,28,33H,12-14,16-20H2,1-6H3/p+1/t24?,28-,33-,38?/m1/s1. The van der Waals surface area contributed by atoms with E-state index in [1.165, 1.54) is 35.0 Å². The zero-order valence-electron chi connectivity index (χ0n) is 28.7. The van der Waals surface area contributed by atoms with E-state index in [1.807, 2.05) is 5.01 Å². The average molecular weight is 704 g/mol. The maximum Gasteiger partial charge on any atom is 0.363 e. The minimum Gasteiger partial charge on any atom is -0.493 e. The van der Waals surface area contributed by atoms with Crippen LogP contribution in [0.5, 0.6) is 11.5 Å². The van der Waals surface area contributed by atoms with Crippen LogP contribution in [0.3, 0.4) is 0 Å². The number of rotatable bonds is 13. The molecule has 2 aliphatic rings. The van der Waals surface area contributed by atoms with Gasteiger partial charge >= 0.3 is 23.8 Å². The smallest absolute Gasteiger partial charge is 0.363 e. The molecule has 49 heavy (non-hydrogen) atoms. The summed E-state index contributed by atoms with van der Waals surface area (Å²) in [5.41, 5.74) is 0.431. The van der Waals surface area contributed by atoms with Crippen LogP contribution in [0.25, 0.3) is 0 Å². The molecule has 4 rings (SSSR count). The number of esters is 2. The number of Topliss-reactive ketones (excluding diaryl/α,β-unsaturated/α-hetero) is 1. The van der Waals surface area contributed by atoms with Crippen LogP contribution in [-0.4, -0.2) is 93.4 Å². The number of nitrogens with zero attached hydrogens (tertiary/aromatic N) is 2. The molecule has 2 aromatic carbocycles. The lowest BCUT2D eigenvalue weighted by Gasteiger charge is -2.50. The Kier molecular flexibility index (Phi) is 12.1. The molecule has 2 aliphatic heterocycles. The number of aliphatic carboxylic acids is 1. The number of quaternary nitrogens is 1. The third-order valence-electron chi connectivity index (χ3n) is 9.21. The van der Waals surface area contributed by atoms with Gasteiger partial charge in [0.1, 0.15) is 31.6 Å². The first-order valence-electron chi connectivity index (χ1n) is 15.9. The Morgan fingerprint density at radius 2 is 1.69 bits per heavy atom. The lowest BCUT2D eigenvalue weighted by atomic mass is 9.81. The minimum absolute atomic E-state index is 0.0471. The molecule has 2 unspecified atom stereocenters. The Hall–Kier alpha value is -4.04. The Bertz CT molecular complexity index is 1580. The zero-order valence-corrected chi connectivity index (χ0v) is 29.4. The van der Waals surface area contributed by atoms with Crippen LogP contribution >= 0.6 is 11.6 Å². The summed E-state index contributed by atoms with van der Waals surface area (Å²) in [7, 11) is 3.01. The van der Waals surface area contributed by atoms with E-state index in [-0.39, 0.29) is 45.1 Å². The van der Waals surface area contributed by atoms with Gasteiger partial charge in [-0.2, -0.15) is 0 Å². The Balaban J connectivity index is 2.00. The third-order valence-corrected chi connectivity index (χ3v) is 9.44. The Morgan fingerprint density at radius 3 is 2.27 bits per heavy atom. The molecular formula is C35H44ClN2O11+. The van der Waals surface area contributed by atoms with Gasteiger partial charge in [0.05, 0.1) is 31.7 Å². The van der Waals surface area contributed by atoms with Gasteiger partial charge in [-0.25, -0.2) is 4.79 Å². The number of methoxy groups -OCH3 is 2. The molecule has 0 spiro atoms. The fraction of sp³-hybridized carbons (Fsp3) is 0.514. The van der Waals surface area contributed by atoms with Crippen molar-refractivity contribution in [3.05, 3.63) is 52.5 Å². The van der Waals surface area contributed by atoms with Gasteiger partial charge in [0.15, 0.2) is 23.8 Å². The average Bonchev–Trinajstić information content (AvgIpc) is 3.16. The lowest BCUT2D eigenvalue weighted by molar-refractivity contribution is -0.170. The second-order valence-electron chi connectivity index (χ2n) is 12.9. The van der Waals surface area contributed by atoms with E-state index < -0.39 is 58.4 Å². The molecule has 0 aliphatic carbocycles. The SMILES string of the molecule is COc1cccc([C@H]2OCC(=O)[N+](CC(C)(COC(C)=O)COC(C)=O)(N3CCC(CC(=O)O)[C@@H](C(C)=O)C3)c3ccc(Cl)cc32)c1OC. The monoisotopic (exact) mass is 703 g/mol. The van der Waals surface area contributed by atoms with Crippen molar-refractivity contribution >= 4 is 46.9 Å². The zero-order chi connectivity index (χ0) is 36.1. The van der Waals surface area contributed by atoms with E-state index in [0.717, 1.165) is 0 Å². The van der Waals surface area contributed by atoms with Crippen LogP contribution in [0.1, 0.15) is 57.8 Å². The summed E-state index contributed by atoms with van der Waals surface area (Å²) < 4.78 is 28.2. The summed E-state index contributed by atoms with van der Waals surface area (Å²) in [5, 5.41) is 11.9. The Labute approximate surface area is 290 Å². The van der Waals surface area contributed by atoms with Crippen molar-refractivity contribution < 1.29 is 52.8 Å². The molecule has 14 heteroatoms. The van der Waals surface area contributed by atoms with Crippen molar-refractivity contribution in [2.45, 2.75) is 46.6 Å². The number of para-hydroxylation sites is 1. The summed E-state index contributed by atoms with van der Waals surface area (Å²) in [6, 6.07) is 10.4. The molecule has 1 amide bonds. The van der Waals surface area contributed by atoms with Crippen LogP contribution in [-0.2, 0) is 38.2 Å². The highest BCUT2D eigenvalue weighted by Crippen LogP contribution is 2.48. The van der Waals surface area contributed by atoms with Crippen LogP contribution in [0.15, 0.2) is 36.4 Å². The number of piperidine rings is 1. The van der Waals surface area contributed by atoms with Crippen molar-refractivity contribution in [1.82, 2.24) is 9.60 Å². The number of carboxylic acids is 1. The summed E-state index contributed by atoms with van der Waals surface area (Å²) in [6.45, 7) is 5.07. The van der Waals surface area contributed by atoms with E-state index in [9.17, 15) is 29.1 Å². The molecule has 2 heterocycles. The van der Waals surface area contributed by atoms with E-state index in [0.29, 0.717) is 39.8 Å². The van der Waals surface area contributed by atoms with Crippen LogP contribution in [0, 0.1) is 17.3 Å². The number of carboxylic acid groups (broad SMARTS) is 1. The summed E-state index contributed by atoms with van der Waals surface area (Å²) in [4.78, 5) is 63.9. The van der Waals surface area contributed by atoms with E-state index in [2.05, 4.69) is 0 Å². The maximum absolute atomic E-state index is 14.9. The molecule has 266 valence electrons. The number of halogens is 1. The molecule has 13 nitrogen and oxygen atoms in total. The van der Waals surface area contributed by atoms with Crippen molar-refractivity contribution in [2.75, 3.05) is 53.7 Å². The number of hydrogen-bond acceptors (Lipinski definition) is 11. The highest BCUT2D eigenvalue weighted by Gasteiger charge is 2.56. The van der Waals surface area contributed by atoms with Crippen LogP contribution in [0.2, 0.25) is 5.02 Å². The van der Waals surface area contributed by atoms with Crippen molar-refractivity contribution in [3.8, 4) is 11.5 Å². The number of ether oxygens (including phenoxy) is 5. The highest BCUT2D eigenvalue weighted by atomic mass is 35.5. The van der Waals surface area contributed by atoms with Crippen molar-refractivity contribution in [2.24, 2.45) is 17.3 Å². The van der Waals surface area contributed by atoms with Gasteiger partial charge in [-0.1, -0.05) is 23.7 Å². The van der Waals surface area contributed by atoms with Gasteiger partial charge in [-0.15, -0.1) is 9.60 Å². The number of fused-ring (bicyclic) bond motifs is 1. The quantitative estimate of drug-likeness (QED) is 0.233. The molecule has 0 bridgehead atoms. The van der Waals surface area contributed by atoms with Gasteiger partial charge in [0.25, 0.3) is 0 Å². The number of carbonyl (C=O) groups is 5. The number of amides is 1. The molecule has 2 aromatic rings. The summed E-state index contributed by atoms with van der Waals surface area (Å²) in [6.07, 6.45) is -0.759. The summed E-state index contributed by atoms with van der Waals surface area (Å²) in [5.74, 6) is -3.05. The summed E-state index contributed by atoms with van der Waals surface area (Å²) >= 11 is 6.63. The maximum atomic E-state index is 14.9. The largest absolute Gasteiger partial charge is 0.493 e. The molecule has 1 N–H and O–H groups in total. The fourth-order valence-electron chi connectivity index (χ4n) is 6.98. The Morgan fingerprint density at radius 1 is 1.02 bits per heavy atom. The third kappa shape index (κ3) is 8.23. The minimum atomic E-state index is -1.14. The van der Waals surface area contributed by atoms with E-state index in [4.69, 9.17) is 35.3 Å². The van der Waals surface area contributed by atoms with E-state index in [1.54, 1.807) is 43.3 Å². The lowest BCUT2D eigenvalue weighted by Crippen LogP contribution is -2.72. The van der Waals surface area contributed by atoms with E-state index >= 15 is 0 Å². The van der Waals surface area contributed by atoms with Crippen LogP contribution in [0.4, 0.5) is 5.69 Å². The first-order chi connectivity index (χ1) is 23.1. The molecule has 0 radical (unpaired) electrons. The molecule has 4 atom stereocenters. The van der Waals surface area contributed by atoms with Crippen LogP contribution < -0.4 is 14.1 Å². The topological polar surface area (TPSA) is 155 Å². The number of ketones is 1. The van der Waals surface area contributed by atoms with Gasteiger partial charge in [0.2, 0.25) is 0 Å². The number of carbonyl (C=O) groups excluding carboxylic acids is 4. The molecule has 1 saturated heterocycles. The molecular weight excluding hydrogens is 660 g/mol. The number of benzene rings is 2. The highest BCUT2D eigenvalue weighted by molar-refractivity contribution is 6.30. The normalized spacial score (nSPS) is 22.8. The first-order valence-corrected chi connectivity index (χ1v) is 16.3. The van der Waals surface area contributed by atoms with Gasteiger partial charge < -0.3 is 28.8 Å². The predicted molar refractivity (Wildman–Crippen MR) is 178 cm³/mol. The molecule has 1 fully saturated rings. The van der Waals surface area contributed by atoms with Crippen molar-refractivity contribution in [3.63, 3.8) is 0 Å². The second-order valence-corrected chi connectivity index (χ2v) is 13.4. The van der Waals surface area contributed by atoms with Gasteiger partial charge in [-0.05, 0) is 44.4 Å². The van der Waals surface area contributed by atoms with Crippen molar-refractivity contribution in [1.29, 1.82) is 0 Å².